The van der Waals surface area contributed by atoms with E-state index in [0.29, 0.717) is 29.8 Å². The number of halogens is 1. The third-order valence-electron chi connectivity index (χ3n) is 4.44. The second-order valence-electron chi connectivity index (χ2n) is 6.54. The summed E-state index contributed by atoms with van der Waals surface area (Å²) in [4.78, 5) is 38.2. The van der Waals surface area contributed by atoms with Gasteiger partial charge in [0.15, 0.2) is 0 Å². The summed E-state index contributed by atoms with van der Waals surface area (Å²) in [7, 11) is 0. The maximum absolute atomic E-state index is 12.8. The Morgan fingerprint density at radius 3 is 2.62 bits per heavy atom. The van der Waals surface area contributed by atoms with Crippen molar-refractivity contribution in [3.8, 4) is 5.75 Å². The van der Waals surface area contributed by atoms with Crippen molar-refractivity contribution in [2.75, 3.05) is 13.2 Å². The summed E-state index contributed by atoms with van der Waals surface area (Å²) in [5.41, 5.74) is -0.458. The number of fused-ring (bicyclic) bond motifs is 1. The number of carbonyl (C=O) groups excluding carboxylic acids is 1. The number of hydrogen-bond donors (Lipinski definition) is 2. The van der Waals surface area contributed by atoms with Crippen molar-refractivity contribution in [2.45, 2.75) is 25.8 Å². The fourth-order valence-electron chi connectivity index (χ4n) is 2.94. The zero-order chi connectivity index (χ0) is 20.6. The molecule has 2 N–H and O–H groups in total. The predicted octanol–water partition coefficient (Wildman–Crippen LogP) is 2.19. The van der Waals surface area contributed by atoms with E-state index in [1.807, 2.05) is 0 Å². The van der Waals surface area contributed by atoms with Gasteiger partial charge in [-0.15, -0.1) is 0 Å². The number of H-pyrrole nitrogens is 1. The largest absolute Gasteiger partial charge is 0.494 e. The number of nitrogens with zero attached hydrogens (tertiary/aromatic N) is 1. The highest BCUT2D eigenvalue weighted by molar-refractivity contribution is 5.78. The van der Waals surface area contributed by atoms with Crippen LogP contribution < -0.4 is 21.3 Å². The van der Waals surface area contributed by atoms with Crippen LogP contribution in [-0.4, -0.2) is 28.6 Å². The van der Waals surface area contributed by atoms with Gasteiger partial charge in [0.1, 0.15) is 11.6 Å². The number of aromatic nitrogens is 2. The van der Waals surface area contributed by atoms with Gasteiger partial charge in [-0.25, -0.2) is 9.18 Å². The molecule has 1 aromatic heterocycles. The Morgan fingerprint density at radius 1 is 1.07 bits per heavy atom. The molecule has 1 amide bonds. The molecule has 0 unspecified atom stereocenters. The van der Waals surface area contributed by atoms with Gasteiger partial charge in [-0.05, 0) is 49.2 Å². The van der Waals surface area contributed by atoms with Crippen LogP contribution in [-0.2, 0) is 11.3 Å². The SMILES string of the molecule is O=C(CCn1c(=O)[nH]c(=O)c2ccccc21)NCCCCOc1ccc(F)cc1. The van der Waals surface area contributed by atoms with Crippen LogP contribution in [0, 0.1) is 5.82 Å². The van der Waals surface area contributed by atoms with Crippen LogP contribution >= 0.6 is 0 Å². The highest BCUT2D eigenvalue weighted by Gasteiger charge is 2.08. The summed E-state index contributed by atoms with van der Waals surface area (Å²) in [5, 5.41) is 3.22. The van der Waals surface area contributed by atoms with Gasteiger partial charge in [-0.3, -0.25) is 19.1 Å². The topological polar surface area (TPSA) is 93.2 Å². The summed E-state index contributed by atoms with van der Waals surface area (Å²) >= 11 is 0. The molecule has 152 valence electrons. The van der Waals surface area contributed by atoms with E-state index in [0.717, 1.165) is 12.8 Å². The molecule has 0 atom stereocenters. The Morgan fingerprint density at radius 2 is 1.83 bits per heavy atom. The second-order valence-corrected chi connectivity index (χ2v) is 6.54. The molecule has 0 radical (unpaired) electrons. The Hall–Kier alpha value is -3.42. The molecule has 0 saturated heterocycles. The first-order chi connectivity index (χ1) is 14.0. The lowest BCUT2D eigenvalue weighted by molar-refractivity contribution is -0.121. The van der Waals surface area contributed by atoms with E-state index >= 15 is 0 Å². The number of hydrogen-bond acceptors (Lipinski definition) is 4. The minimum Gasteiger partial charge on any atom is -0.494 e. The van der Waals surface area contributed by atoms with Crippen molar-refractivity contribution >= 4 is 16.8 Å². The van der Waals surface area contributed by atoms with Crippen molar-refractivity contribution in [2.24, 2.45) is 0 Å². The molecule has 0 bridgehead atoms. The van der Waals surface area contributed by atoms with E-state index in [2.05, 4.69) is 10.3 Å². The van der Waals surface area contributed by atoms with E-state index in [1.165, 1.54) is 16.7 Å². The smallest absolute Gasteiger partial charge is 0.328 e. The average molecular weight is 399 g/mol. The lowest BCUT2D eigenvalue weighted by Gasteiger charge is -2.10. The van der Waals surface area contributed by atoms with Crippen LogP contribution in [0.25, 0.3) is 10.9 Å². The summed E-state index contributed by atoms with van der Waals surface area (Å²) in [6.45, 7) is 1.14. The molecule has 0 fully saturated rings. The Labute approximate surface area is 166 Å². The average Bonchev–Trinajstić information content (AvgIpc) is 2.71. The highest BCUT2D eigenvalue weighted by atomic mass is 19.1. The van der Waals surface area contributed by atoms with E-state index in [9.17, 15) is 18.8 Å². The standard InChI is InChI=1S/C21H22FN3O4/c22-15-7-9-16(10-8-15)29-14-4-3-12-23-19(26)11-13-25-18-6-2-1-5-17(18)20(27)24-21(25)28/h1-2,5-10H,3-4,11-14H2,(H,23,26)(H,24,27,28). The molecule has 0 aliphatic heterocycles. The lowest BCUT2D eigenvalue weighted by atomic mass is 10.2. The number of rotatable bonds is 9. The number of para-hydroxylation sites is 1. The normalized spacial score (nSPS) is 10.8. The molecule has 3 rings (SSSR count). The van der Waals surface area contributed by atoms with E-state index in [1.54, 1.807) is 36.4 Å². The monoisotopic (exact) mass is 399 g/mol. The minimum absolute atomic E-state index is 0.127. The van der Waals surface area contributed by atoms with Crippen LogP contribution in [0.4, 0.5) is 4.39 Å². The number of unbranched alkanes of at least 4 members (excludes halogenated alkanes) is 1. The van der Waals surface area contributed by atoms with Crippen LogP contribution in [0.1, 0.15) is 19.3 Å². The van der Waals surface area contributed by atoms with Crippen molar-refractivity contribution in [1.29, 1.82) is 0 Å². The quantitative estimate of drug-likeness (QED) is 0.540. The Bertz CT molecular complexity index is 1090. The number of carbonyl (C=O) groups is 1. The number of nitrogens with one attached hydrogen (secondary N) is 2. The Kier molecular flexibility index (Phi) is 6.78. The molecule has 29 heavy (non-hydrogen) atoms. The molecule has 0 aliphatic carbocycles. The van der Waals surface area contributed by atoms with Crippen LogP contribution in [0.2, 0.25) is 0 Å². The minimum atomic E-state index is -0.528. The zero-order valence-electron chi connectivity index (χ0n) is 15.8. The van der Waals surface area contributed by atoms with Crippen LogP contribution in [0.5, 0.6) is 5.75 Å². The molecule has 2 aromatic carbocycles. The van der Waals surface area contributed by atoms with Crippen molar-refractivity contribution < 1.29 is 13.9 Å². The van der Waals surface area contributed by atoms with Gasteiger partial charge in [0.2, 0.25) is 5.91 Å². The van der Waals surface area contributed by atoms with Crippen molar-refractivity contribution in [3.05, 3.63) is 75.2 Å². The Balaban J connectivity index is 1.40. The van der Waals surface area contributed by atoms with Gasteiger partial charge in [0.25, 0.3) is 5.56 Å². The molecule has 7 nitrogen and oxygen atoms in total. The molecule has 0 saturated carbocycles. The molecule has 0 aliphatic rings. The number of amides is 1. The van der Waals surface area contributed by atoms with E-state index in [-0.39, 0.29) is 24.7 Å². The predicted molar refractivity (Wildman–Crippen MR) is 108 cm³/mol. The summed E-state index contributed by atoms with van der Waals surface area (Å²) < 4.78 is 19.7. The maximum atomic E-state index is 12.8. The molecule has 1 heterocycles. The van der Waals surface area contributed by atoms with Gasteiger partial charge in [-0.1, -0.05) is 12.1 Å². The number of aromatic amines is 1. The fraction of sp³-hybridized carbons (Fsp3) is 0.286. The van der Waals surface area contributed by atoms with Crippen molar-refractivity contribution in [1.82, 2.24) is 14.9 Å². The molecule has 3 aromatic rings. The van der Waals surface area contributed by atoms with E-state index in [4.69, 9.17) is 4.74 Å². The van der Waals surface area contributed by atoms with Crippen LogP contribution in [0.15, 0.2) is 58.1 Å². The van der Waals surface area contributed by atoms with Crippen LogP contribution in [0.3, 0.4) is 0 Å². The fourth-order valence-corrected chi connectivity index (χ4v) is 2.94. The van der Waals surface area contributed by atoms with Gasteiger partial charge in [-0.2, -0.15) is 0 Å². The van der Waals surface area contributed by atoms with Crippen molar-refractivity contribution in [3.63, 3.8) is 0 Å². The van der Waals surface area contributed by atoms with Gasteiger partial charge < -0.3 is 10.1 Å². The first kappa shape index (κ1) is 20.3. The first-order valence-corrected chi connectivity index (χ1v) is 9.41. The summed E-state index contributed by atoms with van der Waals surface area (Å²) in [6.07, 6.45) is 1.60. The van der Waals surface area contributed by atoms with Gasteiger partial charge >= 0.3 is 5.69 Å². The maximum Gasteiger partial charge on any atom is 0.328 e. The third-order valence-corrected chi connectivity index (χ3v) is 4.44. The highest BCUT2D eigenvalue weighted by Crippen LogP contribution is 2.11. The number of aryl methyl sites for hydroxylation is 1. The van der Waals surface area contributed by atoms with E-state index < -0.39 is 11.2 Å². The molecular formula is C21H22FN3O4. The molecule has 8 heteroatoms. The second kappa shape index (κ2) is 9.68. The third kappa shape index (κ3) is 5.54. The van der Waals surface area contributed by atoms with Gasteiger partial charge in [0.05, 0.1) is 17.5 Å². The zero-order valence-corrected chi connectivity index (χ0v) is 15.8. The molecule has 0 spiro atoms. The molecular weight excluding hydrogens is 377 g/mol. The number of benzene rings is 2. The summed E-state index contributed by atoms with van der Waals surface area (Å²) in [6, 6.07) is 12.6. The summed E-state index contributed by atoms with van der Waals surface area (Å²) in [5.74, 6) is 0.123. The lowest BCUT2D eigenvalue weighted by Crippen LogP contribution is -2.32. The first-order valence-electron chi connectivity index (χ1n) is 9.41. The van der Waals surface area contributed by atoms with Gasteiger partial charge in [0, 0.05) is 19.5 Å². The number of ether oxygens (including phenoxy) is 1.